The van der Waals surface area contributed by atoms with E-state index in [-0.39, 0.29) is 11.6 Å². The number of amides is 1. The van der Waals surface area contributed by atoms with Gasteiger partial charge >= 0.3 is 0 Å². The van der Waals surface area contributed by atoms with Gasteiger partial charge in [-0.15, -0.1) is 0 Å². The molecule has 0 saturated carbocycles. The second-order valence-corrected chi connectivity index (χ2v) is 8.58. The number of carbonyl (C=O) groups is 1. The van der Waals surface area contributed by atoms with Crippen molar-refractivity contribution in [1.29, 1.82) is 0 Å². The first kappa shape index (κ1) is 27.5. The van der Waals surface area contributed by atoms with Gasteiger partial charge < -0.3 is 10.2 Å². The van der Waals surface area contributed by atoms with Gasteiger partial charge in [0.2, 0.25) is 0 Å². The first-order valence-corrected chi connectivity index (χ1v) is 12.0. The summed E-state index contributed by atoms with van der Waals surface area (Å²) in [6.07, 6.45) is 6.23. The van der Waals surface area contributed by atoms with Crippen LogP contribution >= 0.6 is 9.24 Å². The molecule has 1 N–H and O–H groups in total. The molecule has 0 saturated heterocycles. The first-order chi connectivity index (χ1) is 16.3. The Morgan fingerprint density at radius 3 is 2.41 bits per heavy atom. The minimum Gasteiger partial charge on any atom is -0.352 e. The quantitative estimate of drug-likeness (QED) is 0.308. The van der Waals surface area contributed by atoms with Crippen LogP contribution in [0.2, 0.25) is 0 Å². The van der Waals surface area contributed by atoms with Gasteiger partial charge in [-0.3, -0.25) is 9.78 Å². The minimum atomic E-state index is -3.17. The summed E-state index contributed by atoms with van der Waals surface area (Å²) in [6, 6.07) is 11.3. The lowest BCUT2D eigenvalue weighted by Gasteiger charge is -2.13. The number of nitrogens with one attached hydrogen (secondary N) is 1. The van der Waals surface area contributed by atoms with E-state index in [9.17, 15) is 13.6 Å². The van der Waals surface area contributed by atoms with Gasteiger partial charge in [-0.2, -0.15) is 13.9 Å². The molecule has 9 heteroatoms. The fourth-order valence-corrected chi connectivity index (χ4v) is 3.46. The van der Waals surface area contributed by atoms with Gasteiger partial charge in [0, 0.05) is 30.1 Å². The van der Waals surface area contributed by atoms with E-state index in [1.54, 1.807) is 58.0 Å². The second-order valence-electron chi connectivity index (χ2n) is 7.86. The zero-order valence-corrected chi connectivity index (χ0v) is 21.4. The maximum Gasteiger partial charge on any atom is 0.300 e. The van der Waals surface area contributed by atoms with Gasteiger partial charge in [-0.25, -0.2) is 4.68 Å². The predicted molar refractivity (Wildman–Crippen MR) is 136 cm³/mol. The molecule has 2 heterocycles. The van der Waals surface area contributed by atoms with E-state index in [0.717, 1.165) is 25.8 Å². The van der Waals surface area contributed by atoms with Crippen molar-refractivity contribution < 1.29 is 13.6 Å². The van der Waals surface area contributed by atoms with E-state index in [2.05, 4.69) is 20.3 Å². The summed E-state index contributed by atoms with van der Waals surface area (Å²) in [5.74, 6) is -0.183. The van der Waals surface area contributed by atoms with Gasteiger partial charge in [0.1, 0.15) is 5.69 Å². The Labute approximate surface area is 203 Å². The van der Waals surface area contributed by atoms with Crippen LogP contribution in [-0.2, 0) is 5.66 Å². The molecule has 1 aromatic carbocycles. The molecular weight excluding hydrogens is 455 g/mol. The summed E-state index contributed by atoms with van der Waals surface area (Å²) in [7, 11) is 5.63. The van der Waals surface area contributed by atoms with Crippen molar-refractivity contribution in [2.45, 2.75) is 38.8 Å². The predicted octanol–water partition coefficient (Wildman–Crippen LogP) is 5.35. The van der Waals surface area contributed by atoms with Crippen LogP contribution in [0.1, 0.15) is 49.2 Å². The Balaban J connectivity index is 0.00000199. The highest BCUT2D eigenvalue weighted by Crippen LogP contribution is 2.37. The lowest BCUT2D eigenvalue weighted by Crippen LogP contribution is -2.24. The van der Waals surface area contributed by atoms with Crippen LogP contribution in [0.5, 0.6) is 0 Å². The molecule has 0 radical (unpaired) electrons. The maximum atomic E-state index is 14.2. The Morgan fingerprint density at radius 2 is 1.82 bits per heavy atom. The zero-order valence-electron chi connectivity index (χ0n) is 20.3. The molecular formula is C25H34F2N5OP. The summed E-state index contributed by atoms with van der Waals surface area (Å²) in [5, 5.41) is 7.26. The number of hydrogen-bond acceptors (Lipinski definition) is 4. The van der Waals surface area contributed by atoms with Gasteiger partial charge in [-0.05, 0) is 75.9 Å². The largest absolute Gasteiger partial charge is 0.352 e. The monoisotopic (exact) mass is 489 g/mol. The van der Waals surface area contributed by atoms with Crippen molar-refractivity contribution in [3.63, 3.8) is 0 Å². The van der Waals surface area contributed by atoms with Gasteiger partial charge in [0.05, 0.1) is 11.4 Å². The molecule has 0 spiro atoms. The number of carbonyl (C=O) groups excluding carboxylic acids is 1. The molecule has 3 aromatic rings. The molecule has 1 unspecified atom stereocenters. The topological polar surface area (TPSA) is 63.1 Å². The molecule has 6 nitrogen and oxygen atoms in total. The van der Waals surface area contributed by atoms with Gasteiger partial charge in [-0.1, -0.05) is 29.5 Å². The Kier molecular flexibility index (Phi) is 10.7. The summed E-state index contributed by atoms with van der Waals surface area (Å²) in [4.78, 5) is 18.5. The van der Waals surface area contributed by atoms with Crippen LogP contribution in [0.15, 0.2) is 54.9 Å². The third-order valence-electron chi connectivity index (χ3n) is 4.95. The van der Waals surface area contributed by atoms with Crippen LogP contribution in [0.25, 0.3) is 16.9 Å². The Bertz CT molecular complexity index is 1020. The molecule has 1 atom stereocenters. The smallest absolute Gasteiger partial charge is 0.300 e. The van der Waals surface area contributed by atoms with Crippen LogP contribution in [0.4, 0.5) is 8.78 Å². The van der Waals surface area contributed by atoms with E-state index >= 15 is 0 Å². The summed E-state index contributed by atoms with van der Waals surface area (Å²) >= 11 is 0. The summed E-state index contributed by atoms with van der Waals surface area (Å²) < 4.78 is 29.7. The number of pyridine rings is 1. The Morgan fingerprint density at radius 1 is 1.12 bits per heavy atom. The lowest BCUT2D eigenvalue weighted by molar-refractivity contribution is 0.0945. The third-order valence-corrected chi connectivity index (χ3v) is 5.25. The van der Waals surface area contributed by atoms with Crippen molar-refractivity contribution in [2.75, 3.05) is 27.2 Å². The maximum absolute atomic E-state index is 14.2. The number of rotatable bonds is 10. The molecule has 0 bridgehead atoms. The fraction of sp³-hybridized carbons (Fsp3) is 0.400. The molecule has 0 aliphatic carbocycles. The van der Waals surface area contributed by atoms with Crippen molar-refractivity contribution in [3.05, 3.63) is 66.1 Å². The number of hydrogen-bond donors (Lipinski definition) is 1. The number of aromatic nitrogens is 3. The van der Waals surface area contributed by atoms with Crippen LogP contribution in [0.3, 0.4) is 0 Å². The van der Waals surface area contributed by atoms with Gasteiger partial charge in [0.25, 0.3) is 11.6 Å². The van der Waals surface area contributed by atoms with Crippen LogP contribution in [-0.4, -0.2) is 52.8 Å². The van der Waals surface area contributed by atoms with E-state index in [1.165, 1.54) is 10.7 Å². The zero-order chi connectivity index (χ0) is 25.1. The van der Waals surface area contributed by atoms with Crippen LogP contribution in [0, 0.1) is 0 Å². The summed E-state index contributed by atoms with van der Waals surface area (Å²) in [5.41, 5.74) is -1.49. The van der Waals surface area contributed by atoms with E-state index < -0.39 is 5.66 Å². The summed E-state index contributed by atoms with van der Waals surface area (Å²) in [6.45, 7) is 5.63. The van der Waals surface area contributed by atoms with Crippen LogP contribution < -0.4 is 5.32 Å². The highest BCUT2D eigenvalue weighted by molar-refractivity contribution is 7.17. The first-order valence-electron chi connectivity index (χ1n) is 11.5. The molecule has 0 aliphatic rings. The second kappa shape index (κ2) is 13.3. The lowest BCUT2D eigenvalue weighted by atomic mass is 10.2. The number of halogens is 2. The molecule has 0 fully saturated rings. The van der Waals surface area contributed by atoms with E-state index in [1.807, 2.05) is 27.9 Å². The molecule has 184 valence electrons. The number of unbranched alkanes of at least 4 members (excludes halogenated alkanes) is 2. The fourth-order valence-electron chi connectivity index (χ4n) is 3.26. The average molecular weight is 490 g/mol. The molecule has 0 aliphatic heterocycles. The van der Waals surface area contributed by atoms with Crippen molar-refractivity contribution >= 4 is 15.1 Å². The molecule has 3 rings (SSSR count). The number of alkyl halides is 2. The standard InChI is InChI=1S/C23H28F2N5OP.C2H6/c1-29(2)14-5-3-4-13-27-22(31)17-8-10-19(11-9-17)30-21(23(24,25)32)15-20(28-30)18-7-6-12-26-16-18;1-2/h6-12,15-16H,3-5,13-14,32H2,1-2H3,(H,27,31);1-2H3. The average Bonchev–Trinajstić information content (AvgIpc) is 3.29. The Hall–Kier alpha value is -2.70. The van der Waals surface area contributed by atoms with Crippen molar-refractivity contribution in [3.8, 4) is 16.9 Å². The van der Waals surface area contributed by atoms with Crippen molar-refractivity contribution in [2.24, 2.45) is 0 Å². The normalized spacial score (nSPS) is 11.2. The molecule has 34 heavy (non-hydrogen) atoms. The highest BCUT2D eigenvalue weighted by atomic mass is 31.0. The van der Waals surface area contributed by atoms with Gasteiger partial charge in [0.15, 0.2) is 0 Å². The van der Waals surface area contributed by atoms with Crippen molar-refractivity contribution in [1.82, 2.24) is 25.0 Å². The SMILES string of the molecule is CC.CN(C)CCCCCNC(=O)c1ccc(-n2nc(-c3cccnc3)cc2C(F)(F)P)cc1. The third kappa shape index (κ3) is 7.96. The number of benzene rings is 1. The van der Waals surface area contributed by atoms with E-state index in [0.29, 0.717) is 29.1 Å². The highest BCUT2D eigenvalue weighted by Gasteiger charge is 2.31. The van der Waals surface area contributed by atoms with E-state index in [4.69, 9.17) is 0 Å². The molecule has 2 aromatic heterocycles. The minimum absolute atomic E-state index is 0.183. The molecule has 1 amide bonds. The number of nitrogens with zero attached hydrogens (tertiary/aromatic N) is 4.